The fraction of sp³-hybridized carbons (Fsp3) is 0.814. The Morgan fingerprint density at radius 3 is 1.64 bits per heavy atom. The first-order chi connectivity index (χ1) is 27.0. The molecule has 0 aromatic carbocycles. The van der Waals surface area contributed by atoms with E-state index in [-0.39, 0.29) is 19.4 Å². The van der Waals surface area contributed by atoms with E-state index in [1.165, 1.54) is 64.2 Å². The molecule has 0 aliphatic carbocycles. The molecule has 0 spiro atoms. The van der Waals surface area contributed by atoms with E-state index in [0.717, 1.165) is 64.2 Å². The van der Waals surface area contributed by atoms with E-state index in [0.29, 0.717) is 12.8 Å². The maximum absolute atomic E-state index is 12.8. The minimum atomic E-state index is -4.60. The molecule has 4 N–H and O–H groups in total. The Morgan fingerprint density at radius 1 is 0.607 bits per heavy atom. The largest absolute Gasteiger partial charge is 0.462 e. The summed E-state index contributed by atoms with van der Waals surface area (Å²) in [5.41, 5.74) is 0. The van der Waals surface area contributed by atoms with Crippen LogP contribution in [0.25, 0.3) is 0 Å². The van der Waals surface area contributed by atoms with Crippen LogP contribution in [0.3, 0.4) is 0 Å². The molecule has 0 amide bonds. The van der Waals surface area contributed by atoms with Crippen LogP contribution in [0.4, 0.5) is 0 Å². The third kappa shape index (κ3) is 28.3. The highest BCUT2D eigenvalue weighted by atomic mass is 32.2. The lowest BCUT2D eigenvalue weighted by Crippen LogP contribution is -2.60. The van der Waals surface area contributed by atoms with Crippen LogP contribution in [0.1, 0.15) is 168 Å². The Balaban J connectivity index is 2.51. The number of carbonyl (C=O) groups is 2. The van der Waals surface area contributed by atoms with Crippen LogP contribution >= 0.6 is 0 Å². The molecular formula is C43H76O12S. The Morgan fingerprint density at radius 2 is 1.07 bits per heavy atom. The lowest BCUT2D eigenvalue weighted by Gasteiger charge is -2.40. The van der Waals surface area contributed by atoms with Gasteiger partial charge in [0.05, 0.1) is 6.61 Å². The van der Waals surface area contributed by atoms with Gasteiger partial charge in [-0.25, -0.2) is 0 Å². The monoisotopic (exact) mass is 817 g/mol. The van der Waals surface area contributed by atoms with Crippen molar-refractivity contribution in [1.82, 2.24) is 0 Å². The second-order valence-corrected chi connectivity index (χ2v) is 16.5. The van der Waals surface area contributed by atoms with Crippen molar-refractivity contribution in [2.24, 2.45) is 0 Å². The number of aliphatic hydroxyl groups excluding tert-OH is 3. The molecule has 6 atom stereocenters. The Kier molecular flexibility index (Phi) is 31.3. The third-order valence-electron chi connectivity index (χ3n) is 9.69. The minimum Gasteiger partial charge on any atom is -0.462 e. The van der Waals surface area contributed by atoms with Gasteiger partial charge in [-0.15, -0.1) is 0 Å². The summed E-state index contributed by atoms with van der Waals surface area (Å²) in [6, 6.07) is 0. The van der Waals surface area contributed by atoms with Gasteiger partial charge in [-0.2, -0.15) is 8.42 Å². The molecular weight excluding hydrogens is 741 g/mol. The summed E-state index contributed by atoms with van der Waals surface area (Å²) in [6.07, 6.45) is 27.7. The highest BCUT2D eigenvalue weighted by Gasteiger charge is 2.46. The van der Waals surface area contributed by atoms with Gasteiger partial charge >= 0.3 is 11.9 Å². The lowest BCUT2D eigenvalue weighted by molar-refractivity contribution is -0.297. The maximum atomic E-state index is 12.8. The average molecular weight is 817 g/mol. The van der Waals surface area contributed by atoms with Gasteiger partial charge in [-0.1, -0.05) is 121 Å². The fourth-order valence-corrected chi connectivity index (χ4v) is 6.98. The molecule has 1 aliphatic rings. The van der Waals surface area contributed by atoms with E-state index in [9.17, 15) is 37.9 Å². The smallest absolute Gasteiger partial charge is 0.306 e. The third-order valence-corrected chi connectivity index (χ3v) is 10.4. The zero-order valence-electron chi connectivity index (χ0n) is 34.5. The molecule has 0 radical (unpaired) electrons. The number of allylic oxidation sites excluding steroid dienone is 6. The number of unbranched alkanes of at least 4 members (excludes halogenated alkanes) is 17. The number of hydrogen-bond acceptors (Lipinski definition) is 11. The van der Waals surface area contributed by atoms with Crippen molar-refractivity contribution in [2.75, 3.05) is 19.0 Å². The SMILES string of the molecule is CCCCCC/C=C/CCCCCCCC(=O)OC[C@H](CO[C@H]1O[C@H](CS(=O)(=O)O)[C@@H](O)C(O)C1O)OC(=O)CCCC/C=C/C/C=C/CCCCCCCC. The van der Waals surface area contributed by atoms with E-state index < -0.39 is 71.2 Å². The van der Waals surface area contributed by atoms with E-state index in [2.05, 4.69) is 50.3 Å². The van der Waals surface area contributed by atoms with Crippen LogP contribution in [0.15, 0.2) is 36.5 Å². The van der Waals surface area contributed by atoms with Gasteiger partial charge in [0.25, 0.3) is 10.1 Å². The highest BCUT2D eigenvalue weighted by molar-refractivity contribution is 7.85. The number of carbonyl (C=O) groups excluding carboxylic acids is 2. The molecule has 1 heterocycles. The summed E-state index contributed by atoms with van der Waals surface area (Å²) in [6.45, 7) is 3.69. The second-order valence-electron chi connectivity index (χ2n) is 15.0. The minimum absolute atomic E-state index is 0.120. The first-order valence-corrected chi connectivity index (χ1v) is 23.2. The molecule has 0 aromatic rings. The molecule has 1 fully saturated rings. The van der Waals surface area contributed by atoms with E-state index in [4.69, 9.17) is 18.9 Å². The van der Waals surface area contributed by atoms with Crippen LogP contribution in [0.2, 0.25) is 0 Å². The first kappa shape index (κ1) is 51.9. The molecule has 56 heavy (non-hydrogen) atoms. The van der Waals surface area contributed by atoms with Gasteiger partial charge in [0.15, 0.2) is 12.4 Å². The van der Waals surface area contributed by atoms with E-state index in [1.807, 2.05) is 0 Å². The topological polar surface area (TPSA) is 186 Å². The zero-order valence-corrected chi connectivity index (χ0v) is 35.3. The van der Waals surface area contributed by atoms with Crippen LogP contribution in [0, 0.1) is 0 Å². The van der Waals surface area contributed by atoms with Crippen molar-refractivity contribution in [2.45, 2.75) is 205 Å². The number of ether oxygens (including phenoxy) is 4. The molecule has 1 aliphatic heterocycles. The van der Waals surface area contributed by atoms with Crippen molar-refractivity contribution in [3.05, 3.63) is 36.5 Å². The summed E-state index contributed by atoms with van der Waals surface area (Å²) in [5, 5.41) is 30.8. The molecule has 1 saturated heterocycles. The summed E-state index contributed by atoms with van der Waals surface area (Å²) in [5.74, 6) is -2.04. The number of aliphatic hydroxyl groups is 3. The van der Waals surface area contributed by atoms with Gasteiger partial charge in [-0.05, 0) is 70.6 Å². The Hall–Kier alpha value is -2.13. The normalized spacial score (nSPS) is 21.0. The fourth-order valence-electron chi connectivity index (χ4n) is 6.29. The molecule has 2 unspecified atom stereocenters. The molecule has 12 nitrogen and oxygen atoms in total. The maximum Gasteiger partial charge on any atom is 0.306 e. The van der Waals surface area contributed by atoms with Gasteiger partial charge in [0.2, 0.25) is 0 Å². The number of rotatable bonds is 35. The predicted octanol–water partition coefficient (Wildman–Crippen LogP) is 8.22. The van der Waals surface area contributed by atoms with Crippen LogP contribution < -0.4 is 0 Å². The van der Waals surface area contributed by atoms with Gasteiger partial charge in [-0.3, -0.25) is 14.1 Å². The van der Waals surface area contributed by atoms with Crippen molar-refractivity contribution < 1.29 is 56.8 Å². The molecule has 0 saturated carbocycles. The van der Waals surface area contributed by atoms with Gasteiger partial charge in [0.1, 0.15) is 36.8 Å². The zero-order chi connectivity index (χ0) is 41.3. The van der Waals surface area contributed by atoms with Crippen LogP contribution in [-0.4, -0.2) is 96.0 Å². The lowest BCUT2D eigenvalue weighted by atomic mass is 10.00. The first-order valence-electron chi connectivity index (χ1n) is 21.5. The standard InChI is InChI=1S/C43H76O12S/c1-3-5-7-9-11-13-15-17-18-20-22-24-26-28-30-32-39(45)54-36(34-53-43-42(48)41(47)40(46)37(55-43)35-56(49,50)51)33-52-38(44)31-29-27-25-23-21-19-16-14-12-10-8-6-4-2/h14,16-18,22,24,36-37,40-43,46-48H,3-13,15,19-21,23,25-35H2,1-2H3,(H,49,50,51)/b16-14+,18-17+,24-22+/t36-,37-,40-,41?,42?,43+/m1/s1. The average Bonchev–Trinajstić information content (AvgIpc) is 3.16. The van der Waals surface area contributed by atoms with Gasteiger partial charge in [0, 0.05) is 12.8 Å². The summed E-state index contributed by atoms with van der Waals surface area (Å²) in [7, 11) is -4.60. The van der Waals surface area contributed by atoms with Crippen molar-refractivity contribution in [3.8, 4) is 0 Å². The van der Waals surface area contributed by atoms with Gasteiger partial charge < -0.3 is 34.3 Å². The summed E-state index contributed by atoms with van der Waals surface area (Å²) >= 11 is 0. The predicted molar refractivity (Wildman–Crippen MR) is 219 cm³/mol. The van der Waals surface area contributed by atoms with E-state index in [1.54, 1.807) is 0 Å². The molecule has 13 heteroatoms. The summed E-state index contributed by atoms with van der Waals surface area (Å²) in [4.78, 5) is 25.3. The van der Waals surface area contributed by atoms with Crippen LogP contribution in [-0.2, 0) is 38.7 Å². The van der Waals surface area contributed by atoms with E-state index >= 15 is 0 Å². The quantitative estimate of drug-likeness (QED) is 0.0208. The van der Waals surface area contributed by atoms with Crippen molar-refractivity contribution >= 4 is 22.1 Å². The van der Waals surface area contributed by atoms with Crippen molar-refractivity contribution in [3.63, 3.8) is 0 Å². The van der Waals surface area contributed by atoms with Crippen LogP contribution in [0.5, 0.6) is 0 Å². The Bertz CT molecular complexity index is 1190. The molecule has 1 rings (SSSR count). The van der Waals surface area contributed by atoms with Crippen molar-refractivity contribution in [1.29, 1.82) is 0 Å². The number of esters is 2. The summed E-state index contributed by atoms with van der Waals surface area (Å²) < 4.78 is 53.9. The Labute approximate surface area is 338 Å². The molecule has 0 aromatic heterocycles. The number of hydrogen-bond donors (Lipinski definition) is 4. The second kappa shape index (κ2) is 33.8. The molecule has 326 valence electrons. The molecule has 0 bridgehead atoms. The highest BCUT2D eigenvalue weighted by Crippen LogP contribution is 2.24.